The van der Waals surface area contributed by atoms with E-state index in [-0.39, 0.29) is 5.91 Å². The van der Waals surface area contributed by atoms with E-state index in [0.717, 1.165) is 33.8 Å². The Labute approximate surface area is 134 Å². The highest BCUT2D eigenvalue weighted by atomic mass is 35.5. The molecular formula is C16H19ClN2OS. The van der Waals surface area contributed by atoms with Gasteiger partial charge in [-0.15, -0.1) is 11.3 Å². The Morgan fingerprint density at radius 3 is 2.81 bits per heavy atom. The fraction of sp³-hybridized carbons (Fsp3) is 0.312. The van der Waals surface area contributed by atoms with E-state index in [2.05, 4.69) is 10.6 Å². The number of aryl methyl sites for hydroxylation is 1. The molecule has 0 aliphatic rings. The molecule has 0 saturated heterocycles. The van der Waals surface area contributed by atoms with Gasteiger partial charge in [-0.25, -0.2) is 0 Å². The van der Waals surface area contributed by atoms with Crippen LogP contribution >= 0.6 is 22.9 Å². The Hall–Kier alpha value is -1.36. The van der Waals surface area contributed by atoms with Crippen molar-refractivity contribution in [2.24, 2.45) is 0 Å². The maximum absolute atomic E-state index is 12.1. The van der Waals surface area contributed by atoms with Crippen LogP contribution in [-0.4, -0.2) is 26.0 Å². The fourth-order valence-corrected chi connectivity index (χ4v) is 3.34. The molecule has 21 heavy (non-hydrogen) atoms. The molecule has 3 nitrogen and oxygen atoms in total. The summed E-state index contributed by atoms with van der Waals surface area (Å²) in [4.78, 5) is 14.0. The monoisotopic (exact) mass is 322 g/mol. The van der Waals surface area contributed by atoms with E-state index in [0.29, 0.717) is 11.6 Å². The van der Waals surface area contributed by atoms with E-state index >= 15 is 0 Å². The lowest BCUT2D eigenvalue weighted by Crippen LogP contribution is -2.25. The van der Waals surface area contributed by atoms with Crippen molar-refractivity contribution in [1.29, 1.82) is 0 Å². The van der Waals surface area contributed by atoms with E-state index in [1.165, 1.54) is 11.3 Å². The van der Waals surface area contributed by atoms with Crippen LogP contribution in [-0.2, 0) is 0 Å². The largest absolute Gasteiger partial charge is 0.351 e. The lowest BCUT2D eigenvalue weighted by Gasteiger charge is -2.02. The minimum absolute atomic E-state index is 0.00696. The van der Waals surface area contributed by atoms with Gasteiger partial charge in [0.1, 0.15) is 0 Å². The smallest absolute Gasteiger partial charge is 0.261 e. The normalized spacial score (nSPS) is 10.6. The summed E-state index contributed by atoms with van der Waals surface area (Å²) in [5, 5.41) is 6.71. The highest BCUT2D eigenvalue weighted by Gasteiger charge is 2.13. The third-order valence-corrected chi connectivity index (χ3v) is 4.64. The number of halogens is 1. The third-order valence-electron chi connectivity index (χ3n) is 3.12. The molecule has 2 N–H and O–H groups in total. The molecule has 0 radical (unpaired) electrons. The van der Waals surface area contributed by atoms with Crippen LogP contribution in [0, 0.1) is 6.92 Å². The Bertz CT molecular complexity index is 624. The van der Waals surface area contributed by atoms with Gasteiger partial charge >= 0.3 is 0 Å². The highest BCUT2D eigenvalue weighted by molar-refractivity contribution is 7.17. The van der Waals surface area contributed by atoms with Gasteiger partial charge < -0.3 is 10.6 Å². The van der Waals surface area contributed by atoms with Crippen molar-refractivity contribution in [3.63, 3.8) is 0 Å². The average molecular weight is 323 g/mol. The summed E-state index contributed by atoms with van der Waals surface area (Å²) in [5.41, 5.74) is 2.15. The molecule has 0 bridgehead atoms. The molecule has 1 aromatic heterocycles. The van der Waals surface area contributed by atoms with Gasteiger partial charge in [-0.3, -0.25) is 4.79 Å². The van der Waals surface area contributed by atoms with Gasteiger partial charge in [0.2, 0.25) is 0 Å². The number of carbonyl (C=O) groups excluding carboxylic acids is 1. The second-order valence-electron chi connectivity index (χ2n) is 4.85. The number of benzene rings is 1. The van der Waals surface area contributed by atoms with Gasteiger partial charge in [-0.05, 0) is 56.3 Å². The lowest BCUT2D eigenvalue weighted by atomic mass is 10.1. The van der Waals surface area contributed by atoms with Gasteiger partial charge in [0.05, 0.1) is 4.88 Å². The van der Waals surface area contributed by atoms with Crippen molar-refractivity contribution in [3.8, 4) is 10.4 Å². The van der Waals surface area contributed by atoms with Gasteiger partial charge in [0.25, 0.3) is 5.91 Å². The predicted octanol–water partition coefficient (Wildman–Crippen LogP) is 3.72. The predicted molar refractivity (Wildman–Crippen MR) is 90.4 cm³/mol. The van der Waals surface area contributed by atoms with Crippen molar-refractivity contribution in [2.45, 2.75) is 13.3 Å². The summed E-state index contributed by atoms with van der Waals surface area (Å²) >= 11 is 7.54. The molecule has 1 amide bonds. The number of thiophene rings is 1. The van der Waals surface area contributed by atoms with Crippen LogP contribution in [0.3, 0.4) is 0 Å². The van der Waals surface area contributed by atoms with Crippen LogP contribution in [0.5, 0.6) is 0 Å². The van der Waals surface area contributed by atoms with Crippen LogP contribution in [0.15, 0.2) is 30.3 Å². The number of carbonyl (C=O) groups is 1. The van der Waals surface area contributed by atoms with E-state index in [9.17, 15) is 4.79 Å². The first-order valence-corrected chi connectivity index (χ1v) is 8.10. The van der Waals surface area contributed by atoms with Crippen molar-refractivity contribution in [2.75, 3.05) is 20.1 Å². The zero-order valence-corrected chi connectivity index (χ0v) is 13.8. The standard InChI is InChI=1S/C16H19ClN2OS/c1-11-9-14(16(20)19-8-4-7-18-2)21-15(11)12-5-3-6-13(17)10-12/h3,5-6,9-10,18H,4,7-8H2,1-2H3,(H,19,20). The van der Waals surface area contributed by atoms with Gasteiger partial charge in [-0.1, -0.05) is 23.7 Å². The SMILES string of the molecule is CNCCCNC(=O)c1cc(C)c(-c2cccc(Cl)c2)s1. The third kappa shape index (κ3) is 4.30. The molecule has 0 aliphatic heterocycles. The lowest BCUT2D eigenvalue weighted by molar-refractivity contribution is 0.0957. The summed E-state index contributed by atoms with van der Waals surface area (Å²) < 4.78 is 0. The van der Waals surface area contributed by atoms with Crippen molar-refractivity contribution < 1.29 is 4.79 Å². The first-order valence-electron chi connectivity index (χ1n) is 6.91. The Morgan fingerprint density at radius 2 is 2.10 bits per heavy atom. The quantitative estimate of drug-likeness (QED) is 0.796. The number of hydrogen-bond donors (Lipinski definition) is 2. The van der Waals surface area contributed by atoms with Crippen LogP contribution in [0.1, 0.15) is 21.7 Å². The summed E-state index contributed by atoms with van der Waals surface area (Å²) in [6, 6.07) is 9.65. The molecular weight excluding hydrogens is 304 g/mol. The van der Waals surface area contributed by atoms with Crippen LogP contribution in [0.25, 0.3) is 10.4 Å². The maximum atomic E-state index is 12.1. The number of hydrogen-bond acceptors (Lipinski definition) is 3. The Balaban J connectivity index is 2.10. The summed E-state index contributed by atoms with van der Waals surface area (Å²) in [5.74, 6) is -0.00696. The Morgan fingerprint density at radius 1 is 1.29 bits per heavy atom. The number of rotatable bonds is 6. The molecule has 0 aliphatic carbocycles. The second-order valence-corrected chi connectivity index (χ2v) is 6.33. The number of nitrogens with one attached hydrogen (secondary N) is 2. The topological polar surface area (TPSA) is 41.1 Å². The molecule has 2 aromatic rings. The summed E-state index contributed by atoms with van der Waals surface area (Å²) in [6.07, 6.45) is 0.924. The molecule has 0 spiro atoms. The minimum atomic E-state index is -0.00696. The van der Waals surface area contributed by atoms with Gasteiger partial charge in [0.15, 0.2) is 0 Å². The zero-order valence-electron chi connectivity index (χ0n) is 12.2. The molecule has 0 saturated carbocycles. The van der Waals surface area contributed by atoms with E-state index in [4.69, 9.17) is 11.6 Å². The fourth-order valence-electron chi connectivity index (χ4n) is 2.06. The molecule has 112 valence electrons. The second kappa shape index (κ2) is 7.59. The zero-order chi connectivity index (χ0) is 15.2. The van der Waals surface area contributed by atoms with E-state index in [1.807, 2.05) is 44.3 Å². The average Bonchev–Trinajstić information content (AvgIpc) is 2.85. The first-order chi connectivity index (χ1) is 10.1. The van der Waals surface area contributed by atoms with E-state index < -0.39 is 0 Å². The highest BCUT2D eigenvalue weighted by Crippen LogP contribution is 2.33. The number of amides is 1. The minimum Gasteiger partial charge on any atom is -0.351 e. The van der Waals surface area contributed by atoms with Crippen molar-refractivity contribution >= 4 is 28.8 Å². The summed E-state index contributed by atoms with van der Waals surface area (Å²) in [6.45, 7) is 3.60. The molecule has 0 atom stereocenters. The molecule has 2 rings (SSSR count). The van der Waals surface area contributed by atoms with Crippen LogP contribution in [0.2, 0.25) is 5.02 Å². The van der Waals surface area contributed by atoms with Crippen molar-refractivity contribution in [3.05, 3.63) is 45.8 Å². The first kappa shape index (κ1) is 16.0. The molecule has 0 unspecified atom stereocenters. The molecule has 0 fully saturated rings. The molecule has 1 aromatic carbocycles. The molecule has 5 heteroatoms. The van der Waals surface area contributed by atoms with Crippen LogP contribution < -0.4 is 10.6 Å². The van der Waals surface area contributed by atoms with Crippen LogP contribution in [0.4, 0.5) is 0 Å². The van der Waals surface area contributed by atoms with Gasteiger partial charge in [0, 0.05) is 16.4 Å². The van der Waals surface area contributed by atoms with Crippen molar-refractivity contribution in [1.82, 2.24) is 10.6 Å². The van der Waals surface area contributed by atoms with Gasteiger partial charge in [-0.2, -0.15) is 0 Å². The summed E-state index contributed by atoms with van der Waals surface area (Å²) in [7, 11) is 1.90. The Kier molecular flexibility index (Phi) is 5.79. The molecule has 1 heterocycles. The maximum Gasteiger partial charge on any atom is 0.261 e. The van der Waals surface area contributed by atoms with E-state index in [1.54, 1.807) is 0 Å².